The molecule has 2 aromatic carbocycles. The Morgan fingerprint density at radius 1 is 1.08 bits per heavy atom. The van der Waals surface area contributed by atoms with E-state index < -0.39 is 5.54 Å². The number of carbonyl (C=O) groups excluding carboxylic acids is 1. The largest absolute Gasteiger partial charge is 0.382 e. The van der Waals surface area contributed by atoms with Crippen LogP contribution in [0.15, 0.2) is 65.6 Å². The zero-order valence-electron chi connectivity index (χ0n) is 14.2. The second kappa shape index (κ2) is 6.91. The van der Waals surface area contributed by atoms with Gasteiger partial charge in [0.25, 0.3) is 11.5 Å². The molecule has 0 saturated carbocycles. The predicted molar refractivity (Wildman–Crippen MR) is 97.7 cm³/mol. The number of aromatic nitrogens is 1. The zero-order chi connectivity index (χ0) is 17.9. The van der Waals surface area contributed by atoms with Gasteiger partial charge in [-0.25, -0.2) is 0 Å². The van der Waals surface area contributed by atoms with Crippen LogP contribution in [0.25, 0.3) is 10.8 Å². The normalized spacial score (nSPS) is 13.4. The van der Waals surface area contributed by atoms with E-state index in [2.05, 4.69) is 10.3 Å². The second-order valence-corrected chi connectivity index (χ2v) is 6.16. The quantitative estimate of drug-likeness (QED) is 0.752. The maximum atomic E-state index is 12.9. The van der Waals surface area contributed by atoms with Gasteiger partial charge in [-0.2, -0.15) is 0 Å². The lowest BCUT2D eigenvalue weighted by atomic mass is 9.92. The number of aromatic amines is 1. The Hall–Kier alpha value is -2.92. The first-order valence-electron chi connectivity index (χ1n) is 8.02. The Labute approximate surface area is 145 Å². The fraction of sp³-hybridized carbons (Fsp3) is 0.200. The van der Waals surface area contributed by atoms with Gasteiger partial charge in [-0.1, -0.05) is 48.5 Å². The summed E-state index contributed by atoms with van der Waals surface area (Å²) in [4.78, 5) is 27.5. The van der Waals surface area contributed by atoms with E-state index in [1.807, 2.05) is 43.3 Å². The minimum absolute atomic E-state index is 0.213. The van der Waals surface area contributed by atoms with Crippen molar-refractivity contribution in [3.63, 3.8) is 0 Å². The molecule has 0 bridgehead atoms. The minimum Gasteiger partial charge on any atom is -0.382 e. The molecule has 2 N–H and O–H groups in total. The number of methoxy groups -OCH3 is 1. The first kappa shape index (κ1) is 16.9. The zero-order valence-corrected chi connectivity index (χ0v) is 14.2. The van der Waals surface area contributed by atoms with Crippen LogP contribution in [0.5, 0.6) is 0 Å². The first-order valence-corrected chi connectivity index (χ1v) is 8.02. The summed E-state index contributed by atoms with van der Waals surface area (Å²) in [5.41, 5.74) is 0.465. The topological polar surface area (TPSA) is 71.2 Å². The highest BCUT2D eigenvalue weighted by Crippen LogP contribution is 2.23. The van der Waals surface area contributed by atoms with Gasteiger partial charge in [0.2, 0.25) is 0 Å². The molecule has 1 amide bonds. The Kier molecular flexibility index (Phi) is 4.67. The number of hydrogen-bond acceptors (Lipinski definition) is 3. The van der Waals surface area contributed by atoms with Crippen LogP contribution >= 0.6 is 0 Å². The SMILES string of the molecule is COC[C@@](C)(NC(=O)c1c[nH]c(=O)c2ccccc12)c1ccccc1. The van der Waals surface area contributed by atoms with Gasteiger partial charge < -0.3 is 15.0 Å². The number of hydrogen-bond donors (Lipinski definition) is 2. The molecule has 0 radical (unpaired) electrons. The maximum Gasteiger partial charge on any atom is 0.255 e. The average Bonchev–Trinajstić information content (AvgIpc) is 2.63. The van der Waals surface area contributed by atoms with Crippen molar-refractivity contribution in [3.8, 4) is 0 Å². The lowest BCUT2D eigenvalue weighted by Gasteiger charge is -2.31. The number of fused-ring (bicyclic) bond motifs is 1. The van der Waals surface area contributed by atoms with Crippen molar-refractivity contribution in [1.82, 2.24) is 10.3 Å². The van der Waals surface area contributed by atoms with Gasteiger partial charge >= 0.3 is 0 Å². The standard InChI is InChI=1S/C20H20N2O3/c1-20(13-25-2,14-8-4-3-5-9-14)22-19(24)17-12-21-18(23)16-11-7-6-10-15(16)17/h3-12H,13H2,1-2H3,(H,21,23)(H,22,24)/t20-/m1/s1. The van der Waals surface area contributed by atoms with Gasteiger partial charge in [-0.15, -0.1) is 0 Å². The number of pyridine rings is 1. The highest BCUT2D eigenvalue weighted by molar-refractivity contribution is 6.06. The average molecular weight is 336 g/mol. The number of rotatable bonds is 5. The Morgan fingerprint density at radius 3 is 2.40 bits per heavy atom. The predicted octanol–water partition coefficient (Wildman–Crippen LogP) is 2.82. The number of amides is 1. The van der Waals surface area contributed by atoms with Gasteiger partial charge in [0.1, 0.15) is 0 Å². The van der Waals surface area contributed by atoms with Crippen molar-refractivity contribution in [2.45, 2.75) is 12.5 Å². The summed E-state index contributed by atoms with van der Waals surface area (Å²) in [6.07, 6.45) is 1.46. The molecular weight excluding hydrogens is 316 g/mol. The smallest absolute Gasteiger partial charge is 0.255 e. The van der Waals surface area contributed by atoms with Crippen molar-refractivity contribution >= 4 is 16.7 Å². The number of ether oxygens (including phenoxy) is 1. The monoisotopic (exact) mass is 336 g/mol. The molecule has 1 atom stereocenters. The van der Waals surface area contributed by atoms with Gasteiger partial charge in [0.05, 0.1) is 17.7 Å². The summed E-state index contributed by atoms with van der Waals surface area (Å²) in [6.45, 7) is 2.24. The fourth-order valence-corrected chi connectivity index (χ4v) is 3.00. The van der Waals surface area contributed by atoms with Crippen molar-refractivity contribution in [2.24, 2.45) is 0 Å². The van der Waals surface area contributed by atoms with Crippen LogP contribution in [0.2, 0.25) is 0 Å². The van der Waals surface area contributed by atoms with Crippen molar-refractivity contribution in [2.75, 3.05) is 13.7 Å². The molecule has 3 aromatic rings. The molecule has 0 aliphatic carbocycles. The lowest BCUT2D eigenvalue weighted by Crippen LogP contribution is -2.47. The van der Waals surface area contributed by atoms with E-state index in [4.69, 9.17) is 4.74 Å². The highest BCUT2D eigenvalue weighted by atomic mass is 16.5. The number of carbonyl (C=O) groups is 1. The summed E-state index contributed by atoms with van der Waals surface area (Å²) in [5.74, 6) is -0.268. The third-order valence-electron chi connectivity index (χ3n) is 4.29. The summed E-state index contributed by atoms with van der Waals surface area (Å²) in [5, 5.41) is 4.16. The molecule has 5 nitrogen and oxygen atoms in total. The molecular formula is C20H20N2O3. The Morgan fingerprint density at radius 2 is 1.72 bits per heavy atom. The third-order valence-corrected chi connectivity index (χ3v) is 4.29. The van der Waals surface area contributed by atoms with Gasteiger partial charge in [-0.3, -0.25) is 9.59 Å². The minimum atomic E-state index is -0.690. The van der Waals surface area contributed by atoms with E-state index in [9.17, 15) is 9.59 Å². The molecule has 5 heteroatoms. The van der Waals surface area contributed by atoms with E-state index in [0.717, 1.165) is 5.56 Å². The summed E-state index contributed by atoms with van der Waals surface area (Å²) >= 11 is 0. The van der Waals surface area contributed by atoms with Crippen molar-refractivity contribution in [3.05, 3.63) is 82.3 Å². The van der Waals surface area contributed by atoms with E-state index in [1.54, 1.807) is 25.3 Å². The first-order chi connectivity index (χ1) is 12.0. The van der Waals surface area contributed by atoms with E-state index in [0.29, 0.717) is 22.9 Å². The maximum absolute atomic E-state index is 12.9. The molecule has 0 unspecified atom stereocenters. The third kappa shape index (κ3) is 3.32. The fourth-order valence-electron chi connectivity index (χ4n) is 3.00. The molecule has 0 spiro atoms. The van der Waals surface area contributed by atoms with Gasteiger partial charge in [0.15, 0.2) is 0 Å². The van der Waals surface area contributed by atoms with Crippen molar-refractivity contribution < 1.29 is 9.53 Å². The second-order valence-electron chi connectivity index (χ2n) is 6.16. The van der Waals surface area contributed by atoms with Crippen LogP contribution < -0.4 is 10.9 Å². The van der Waals surface area contributed by atoms with Crippen LogP contribution in [-0.2, 0) is 10.3 Å². The Bertz CT molecular complexity index is 950. The molecule has 1 aromatic heterocycles. The van der Waals surface area contributed by atoms with Crippen molar-refractivity contribution in [1.29, 1.82) is 0 Å². The van der Waals surface area contributed by atoms with E-state index >= 15 is 0 Å². The van der Waals surface area contributed by atoms with Crippen LogP contribution in [0.3, 0.4) is 0 Å². The summed E-state index contributed by atoms with van der Waals surface area (Å²) < 4.78 is 5.33. The lowest BCUT2D eigenvalue weighted by molar-refractivity contribution is 0.0787. The molecule has 0 aliphatic heterocycles. The van der Waals surface area contributed by atoms with Gasteiger partial charge in [-0.05, 0) is 18.6 Å². The molecule has 128 valence electrons. The number of benzene rings is 2. The van der Waals surface area contributed by atoms with Gasteiger partial charge in [0, 0.05) is 24.1 Å². The molecule has 1 heterocycles. The molecule has 3 rings (SSSR count). The van der Waals surface area contributed by atoms with Crippen LogP contribution in [-0.4, -0.2) is 24.6 Å². The Balaban J connectivity index is 2.01. The van der Waals surface area contributed by atoms with Crippen LogP contribution in [0.4, 0.5) is 0 Å². The summed E-state index contributed by atoms with van der Waals surface area (Å²) in [6, 6.07) is 16.7. The molecule has 0 saturated heterocycles. The van der Waals surface area contributed by atoms with E-state index in [1.165, 1.54) is 6.20 Å². The molecule has 25 heavy (non-hydrogen) atoms. The molecule has 0 fully saturated rings. The van der Waals surface area contributed by atoms with Crippen LogP contribution in [0, 0.1) is 0 Å². The highest BCUT2D eigenvalue weighted by Gasteiger charge is 2.29. The van der Waals surface area contributed by atoms with E-state index in [-0.39, 0.29) is 11.5 Å². The van der Waals surface area contributed by atoms with Crippen LogP contribution in [0.1, 0.15) is 22.8 Å². The summed E-state index contributed by atoms with van der Waals surface area (Å²) in [7, 11) is 1.60. The molecule has 0 aliphatic rings. The number of H-pyrrole nitrogens is 1. The number of nitrogens with one attached hydrogen (secondary N) is 2.